The predicted octanol–water partition coefficient (Wildman–Crippen LogP) is 0.883. The molecule has 0 aromatic carbocycles. The smallest absolute Gasteiger partial charge is 0.407 e. The Hall–Kier alpha value is -0.850. The van der Waals surface area contributed by atoms with Crippen LogP contribution < -0.4 is 5.32 Å². The normalized spacial score (nSPS) is 28.8. The van der Waals surface area contributed by atoms with Crippen molar-refractivity contribution in [1.82, 2.24) is 5.32 Å². The first-order valence-electron chi connectivity index (χ1n) is 6.07. The maximum absolute atomic E-state index is 11.5. The molecule has 0 bridgehead atoms. The third-order valence-corrected chi connectivity index (χ3v) is 2.59. The van der Waals surface area contributed by atoms with Crippen LogP contribution in [0.15, 0.2) is 0 Å². The summed E-state index contributed by atoms with van der Waals surface area (Å²) in [6.45, 7) is 8.01. The van der Waals surface area contributed by atoms with Crippen molar-refractivity contribution in [2.45, 2.75) is 39.6 Å². The first-order valence-corrected chi connectivity index (χ1v) is 6.07. The molecule has 106 valence electrons. The van der Waals surface area contributed by atoms with E-state index < -0.39 is 17.1 Å². The van der Waals surface area contributed by atoms with Gasteiger partial charge in [-0.3, -0.25) is 0 Å². The van der Waals surface area contributed by atoms with Crippen molar-refractivity contribution in [2.75, 3.05) is 26.4 Å². The molecular formula is C12H23NO5. The van der Waals surface area contributed by atoms with Gasteiger partial charge in [0.2, 0.25) is 0 Å². The topological polar surface area (TPSA) is 77.0 Å². The molecule has 0 saturated carbocycles. The number of nitrogens with one attached hydrogen (secondary N) is 1. The van der Waals surface area contributed by atoms with Gasteiger partial charge in [-0.05, 0) is 27.7 Å². The minimum Gasteiger partial charge on any atom is -0.444 e. The molecule has 0 aromatic heterocycles. The Balaban J connectivity index is 2.42. The van der Waals surface area contributed by atoms with E-state index in [-0.39, 0.29) is 19.4 Å². The van der Waals surface area contributed by atoms with E-state index in [0.29, 0.717) is 13.2 Å². The largest absolute Gasteiger partial charge is 0.444 e. The highest BCUT2D eigenvalue weighted by Crippen LogP contribution is 2.23. The third-order valence-electron chi connectivity index (χ3n) is 2.59. The number of rotatable bonds is 3. The molecule has 1 fully saturated rings. The third kappa shape index (κ3) is 4.80. The Morgan fingerprint density at radius 1 is 1.44 bits per heavy atom. The highest BCUT2D eigenvalue weighted by molar-refractivity contribution is 5.67. The molecule has 18 heavy (non-hydrogen) atoms. The fourth-order valence-electron chi connectivity index (χ4n) is 1.50. The molecule has 0 aliphatic carbocycles. The molecule has 0 spiro atoms. The van der Waals surface area contributed by atoms with Crippen LogP contribution in [0.25, 0.3) is 0 Å². The van der Waals surface area contributed by atoms with E-state index >= 15 is 0 Å². The van der Waals surface area contributed by atoms with Crippen molar-refractivity contribution in [3.8, 4) is 0 Å². The molecule has 2 N–H and O–H groups in total. The second-order valence-electron chi connectivity index (χ2n) is 5.70. The zero-order valence-corrected chi connectivity index (χ0v) is 11.5. The van der Waals surface area contributed by atoms with Crippen molar-refractivity contribution in [3.63, 3.8) is 0 Å². The summed E-state index contributed by atoms with van der Waals surface area (Å²) >= 11 is 0. The fourth-order valence-corrected chi connectivity index (χ4v) is 1.50. The average molecular weight is 261 g/mol. The number of hydrogen-bond acceptors (Lipinski definition) is 5. The van der Waals surface area contributed by atoms with Crippen molar-refractivity contribution >= 4 is 6.09 Å². The number of amides is 1. The van der Waals surface area contributed by atoms with Crippen molar-refractivity contribution in [2.24, 2.45) is 5.41 Å². The molecule has 1 aliphatic rings. The molecule has 1 aliphatic heterocycles. The van der Waals surface area contributed by atoms with Crippen LogP contribution in [0.3, 0.4) is 0 Å². The number of carbonyl (C=O) groups excluding carboxylic acids is 1. The molecule has 1 rings (SSSR count). The van der Waals surface area contributed by atoms with Crippen molar-refractivity contribution in [3.05, 3.63) is 0 Å². The van der Waals surface area contributed by atoms with Gasteiger partial charge < -0.3 is 24.6 Å². The van der Waals surface area contributed by atoms with Gasteiger partial charge in [-0.25, -0.2) is 4.79 Å². The summed E-state index contributed by atoms with van der Waals surface area (Å²) < 4.78 is 15.8. The fraction of sp³-hybridized carbons (Fsp3) is 0.917. The van der Waals surface area contributed by atoms with Gasteiger partial charge in [0.05, 0.1) is 25.2 Å². The number of ether oxygens (including phenoxy) is 3. The quantitative estimate of drug-likeness (QED) is 0.788. The molecule has 1 saturated heterocycles. The number of aliphatic hydroxyl groups excluding tert-OH is 1. The molecule has 1 heterocycles. The minimum atomic E-state index is -0.594. The molecule has 0 radical (unpaired) electrons. The second kappa shape index (κ2) is 5.86. The van der Waals surface area contributed by atoms with Gasteiger partial charge >= 0.3 is 6.09 Å². The van der Waals surface area contributed by atoms with Crippen LogP contribution in [-0.2, 0) is 14.2 Å². The highest BCUT2D eigenvalue weighted by Gasteiger charge is 2.36. The summed E-state index contributed by atoms with van der Waals surface area (Å²) in [7, 11) is 0. The van der Waals surface area contributed by atoms with Crippen LogP contribution in [0, 0.1) is 5.41 Å². The van der Waals surface area contributed by atoms with Gasteiger partial charge in [-0.15, -0.1) is 0 Å². The second-order valence-corrected chi connectivity index (χ2v) is 5.70. The lowest BCUT2D eigenvalue weighted by molar-refractivity contribution is -0.226. The Morgan fingerprint density at radius 2 is 2.00 bits per heavy atom. The Kier molecular flexibility index (Phi) is 4.95. The summed E-state index contributed by atoms with van der Waals surface area (Å²) in [5, 5.41) is 12.1. The van der Waals surface area contributed by atoms with Crippen LogP contribution >= 0.6 is 0 Å². The van der Waals surface area contributed by atoms with Crippen LogP contribution in [0.2, 0.25) is 0 Å². The van der Waals surface area contributed by atoms with Crippen LogP contribution in [0.1, 0.15) is 27.7 Å². The summed E-state index contributed by atoms with van der Waals surface area (Å²) in [4.78, 5) is 11.5. The summed E-state index contributed by atoms with van der Waals surface area (Å²) in [6, 6.07) is 0. The van der Waals surface area contributed by atoms with Gasteiger partial charge in [0.15, 0.2) is 6.29 Å². The monoisotopic (exact) mass is 261 g/mol. The number of carbonyl (C=O) groups is 1. The molecule has 0 atom stereocenters. The van der Waals surface area contributed by atoms with Gasteiger partial charge in [0.25, 0.3) is 0 Å². The lowest BCUT2D eigenvalue weighted by Crippen LogP contribution is -2.51. The summed E-state index contributed by atoms with van der Waals surface area (Å²) in [5.41, 5.74) is -1.13. The van der Waals surface area contributed by atoms with Gasteiger partial charge in [-0.2, -0.15) is 0 Å². The maximum atomic E-state index is 11.5. The molecule has 0 unspecified atom stereocenters. The first kappa shape index (κ1) is 15.2. The van der Waals surface area contributed by atoms with E-state index in [9.17, 15) is 9.90 Å². The Bertz CT molecular complexity index is 279. The lowest BCUT2D eigenvalue weighted by Gasteiger charge is -2.37. The zero-order valence-electron chi connectivity index (χ0n) is 11.5. The lowest BCUT2D eigenvalue weighted by atomic mass is 9.90. The van der Waals surface area contributed by atoms with Gasteiger partial charge in [0, 0.05) is 6.54 Å². The summed E-state index contributed by atoms with van der Waals surface area (Å²) in [6.07, 6.45) is -0.778. The molecular weight excluding hydrogens is 238 g/mol. The molecule has 0 aromatic rings. The summed E-state index contributed by atoms with van der Waals surface area (Å²) in [5.74, 6) is 0. The predicted molar refractivity (Wildman–Crippen MR) is 65.1 cm³/mol. The van der Waals surface area contributed by atoms with Crippen LogP contribution in [-0.4, -0.2) is 49.5 Å². The average Bonchev–Trinajstić information content (AvgIpc) is 2.27. The van der Waals surface area contributed by atoms with E-state index in [1.807, 2.05) is 0 Å². The van der Waals surface area contributed by atoms with Crippen molar-refractivity contribution < 1.29 is 24.1 Å². The Morgan fingerprint density at radius 3 is 2.44 bits per heavy atom. The standard InChI is InChI=1S/C12H23NO5/c1-9-16-7-12(6-14,8-17-9)5-13-10(15)18-11(2,3)4/h9,14H,5-8H2,1-4H3,(H,13,15). The van der Waals surface area contributed by atoms with E-state index in [0.717, 1.165) is 0 Å². The van der Waals surface area contributed by atoms with E-state index in [2.05, 4.69) is 5.32 Å². The SMILES string of the molecule is CC1OCC(CO)(CNC(=O)OC(C)(C)C)CO1. The van der Waals surface area contributed by atoms with E-state index in [1.165, 1.54) is 0 Å². The van der Waals surface area contributed by atoms with Crippen LogP contribution in [0.4, 0.5) is 4.79 Å². The van der Waals surface area contributed by atoms with Gasteiger partial charge in [-0.1, -0.05) is 0 Å². The Labute approximate surface area is 108 Å². The first-order chi connectivity index (χ1) is 8.26. The van der Waals surface area contributed by atoms with Crippen molar-refractivity contribution in [1.29, 1.82) is 0 Å². The number of alkyl carbamates (subject to hydrolysis) is 1. The molecule has 6 heteroatoms. The maximum Gasteiger partial charge on any atom is 0.407 e. The molecule has 6 nitrogen and oxygen atoms in total. The van der Waals surface area contributed by atoms with Crippen LogP contribution in [0.5, 0.6) is 0 Å². The number of aliphatic hydroxyl groups is 1. The number of hydrogen-bond donors (Lipinski definition) is 2. The molecule has 1 amide bonds. The highest BCUT2D eigenvalue weighted by atomic mass is 16.7. The zero-order chi connectivity index (χ0) is 13.8. The van der Waals surface area contributed by atoms with Gasteiger partial charge in [0.1, 0.15) is 5.60 Å². The minimum absolute atomic E-state index is 0.116. The van der Waals surface area contributed by atoms with E-state index in [1.54, 1.807) is 27.7 Å². The van der Waals surface area contributed by atoms with E-state index in [4.69, 9.17) is 14.2 Å².